The first-order valence-electron chi connectivity index (χ1n) is 10.3. The van der Waals surface area contributed by atoms with E-state index in [1.807, 2.05) is 44.2 Å². The highest BCUT2D eigenvalue weighted by Crippen LogP contribution is 2.33. The Balaban J connectivity index is 1.98. The van der Waals surface area contributed by atoms with Gasteiger partial charge in [0, 0.05) is 6.42 Å². The Morgan fingerprint density at radius 1 is 0.867 bits per heavy atom. The van der Waals surface area contributed by atoms with Crippen LogP contribution in [0.25, 0.3) is 11.1 Å². The number of hydrogen-bond acceptors (Lipinski definition) is 2. The van der Waals surface area contributed by atoms with E-state index in [2.05, 4.69) is 51.1 Å². The number of benzene rings is 3. The molecule has 3 aromatic rings. The zero-order valence-corrected chi connectivity index (χ0v) is 18.5. The summed E-state index contributed by atoms with van der Waals surface area (Å²) in [5.41, 5.74) is 6.71. The summed E-state index contributed by atoms with van der Waals surface area (Å²) >= 11 is 0. The van der Waals surface area contributed by atoms with Gasteiger partial charge in [0.15, 0.2) is 0 Å². The third kappa shape index (κ3) is 5.50. The van der Waals surface area contributed by atoms with Gasteiger partial charge in [0.1, 0.15) is 11.5 Å². The molecule has 0 radical (unpaired) electrons. The van der Waals surface area contributed by atoms with Crippen LogP contribution >= 0.6 is 0 Å². The summed E-state index contributed by atoms with van der Waals surface area (Å²) in [5.74, 6) is 0.664. The van der Waals surface area contributed by atoms with E-state index >= 15 is 0 Å². The van der Waals surface area contributed by atoms with Crippen molar-refractivity contribution in [2.75, 3.05) is 0 Å². The molecule has 3 rings (SSSR count). The number of ether oxygens (including phenoxy) is 1. The van der Waals surface area contributed by atoms with Gasteiger partial charge in [0.2, 0.25) is 0 Å². The van der Waals surface area contributed by atoms with Gasteiger partial charge in [-0.1, -0.05) is 63.2 Å². The maximum atomic E-state index is 11.1. The van der Waals surface area contributed by atoms with E-state index in [1.54, 1.807) is 0 Å². The van der Waals surface area contributed by atoms with Gasteiger partial charge < -0.3 is 9.84 Å². The molecule has 0 fully saturated rings. The van der Waals surface area contributed by atoms with Gasteiger partial charge in [-0.3, -0.25) is 4.79 Å². The zero-order chi connectivity index (χ0) is 21.9. The Hall–Kier alpha value is -3.07. The van der Waals surface area contributed by atoms with Crippen LogP contribution < -0.4 is 4.74 Å². The van der Waals surface area contributed by atoms with E-state index < -0.39 is 5.97 Å². The lowest BCUT2D eigenvalue weighted by Gasteiger charge is -2.19. The molecule has 156 valence electrons. The predicted octanol–water partition coefficient (Wildman–Crippen LogP) is 7.08. The van der Waals surface area contributed by atoms with Crippen LogP contribution in [0.4, 0.5) is 0 Å². The summed E-state index contributed by atoms with van der Waals surface area (Å²) in [4.78, 5) is 11.1. The molecule has 0 aliphatic carbocycles. The Morgan fingerprint density at radius 2 is 1.47 bits per heavy atom. The van der Waals surface area contributed by atoms with E-state index in [-0.39, 0.29) is 11.8 Å². The maximum Gasteiger partial charge on any atom is 0.303 e. The number of carboxylic acids is 1. The summed E-state index contributed by atoms with van der Waals surface area (Å²) in [7, 11) is 0. The van der Waals surface area contributed by atoms with Crippen LogP contribution in [-0.4, -0.2) is 11.1 Å². The smallest absolute Gasteiger partial charge is 0.303 e. The molecule has 3 heteroatoms. The molecule has 0 amide bonds. The molecule has 0 aliphatic rings. The molecule has 0 aromatic heterocycles. The Bertz CT molecular complexity index is 1020. The molecular formula is C27H30O3. The van der Waals surface area contributed by atoms with E-state index in [0.29, 0.717) is 12.2 Å². The molecule has 1 N–H and O–H groups in total. The number of carbonyl (C=O) groups is 1. The van der Waals surface area contributed by atoms with Gasteiger partial charge in [-0.25, -0.2) is 0 Å². The van der Waals surface area contributed by atoms with Crippen molar-refractivity contribution in [1.29, 1.82) is 0 Å². The quantitative estimate of drug-likeness (QED) is 0.479. The lowest BCUT2D eigenvalue weighted by molar-refractivity contribution is -0.136. The summed E-state index contributed by atoms with van der Waals surface area (Å²) < 4.78 is 6.25. The SMILES string of the molecule is Cc1cc(C)cc(Oc2cc(-c3ccc(C(C)(C)C)cc3)ccc2CCC(=O)O)c1. The molecule has 0 saturated heterocycles. The molecule has 30 heavy (non-hydrogen) atoms. The first kappa shape index (κ1) is 21.6. The topological polar surface area (TPSA) is 46.5 Å². The Kier molecular flexibility index (Phi) is 6.31. The lowest BCUT2D eigenvalue weighted by Crippen LogP contribution is -2.10. The summed E-state index contributed by atoms with van der Waals surface area (Å²) in [6.45, 7) is 10.7. The van der Waals surface area contributed by atoms with Gasteiger partial charge in [-0.15, -0.1) is 0 Å². The minimum Gasteiger partial charge on any atom is -0.481 e. The highest BCUT2D eigenvalue weighted by Gasteiger charge is 2.14. The zero-order valence-electron chi connectivity index (χ0n) is 18.5. The largest absolute Gasteiger partial charge is 0.481 e. The molecule has 0 bridgehead atoms. The van der Waals surface area contributed by atoms with E-state index in [9.17, 15) is 4.79 Å². The number of hydrogen-bond donors (Lipinski definition) is 1. The van der Waals surface area contributed by atoms with Crippen LogP contribution in [0.5, 0.6) is 11.5 Å². The van der Waals surface area contributed by atoms with Gasteiger partial charge >= 0.3 is 5.97 Å². The van der Waals surface area contributed by atoms with Crippen molar-refractivity contribution in [3.8, 4) is 22.6 Å². The average molecular weight is 403 g/mol. The standard InChI is InChI=1S/C27H30O3/c1-18-14-19(2)16-24(15-18)30-25-17-22(7-6-21(25)10-13-26(28)29)20-8-11-23(12-9-20)27(3,4)5/h6-9,11-12,14-17H,10,13H2,1-5H3,(H,28,29). The average Bonchev–Trinajstić information content (AvgIpc) is 2.65. The van der Waals surface area contributed by atoms with Crippen molar-refractivity contribution < 1.29 is 14.6 Å². The molecule has 0 spiro atoms. The van der Waals surface area contributed by atoms with Gasteiger partial charge in [-0.2, -0.15) is 0 Å². The summed E-state index contributed by atoms with van der Waals surface area (Å²) in [6.07, 6.45) is 0.502. The van der Waals surface area contributed by atoms with Crippen molar-refractivity contribution in [3.05, 3.63) is 82.9 Å². The number of rotatable bonds is 6. The fraction of sp³-hybridized carbons (Fsp3) is 0.296. The van der Waals surface area contributed by atoms with Crippen LogP contribution in [-0.2, 0) is 16.6 Å². The van der Waals surface area contributed by atoms with Crippen LogP contribution in [0, 0.1) is 13.8 Å². The highest BCUT2D eigenvalue weighted by molar-refractivity contribution is 5.69. The minimum atomic E-state index is -0.811. The fourth-order valence-corrected chi connectivity index (χ4v) is 3.56. The van der Waals surface area contributed by atoms with Crippen molar-refractivity contribution in [1.82, 2.24) is 0 Å². The Morgan fingerprint density at radius 3 is 2.03 bits per heavy atom. The van der Waals surface area contributed by atoms with Crippen molar-refractivity contribution >= 4 is 5.97 Å². The Labute approximate surface area is 179 Å². The molecule has 3 nitrogen and oxygen atoms in total. The molecule has 3 aromatic carbocycles. The number of carboxylic acid groups (broad SMARTS) is 1. The van der Waals surface area contributed by atoms with E-state index in [0.717, 1.165) is 33.6 Å². The highest BCUT2D eigenvalue weighted by atomic mass is 16.5. The minimum absolute atomic E-state index is 0.0723. The third-order valence-corrected chi connectivity index (χ3v) is 5.18. The predicted molar refractivity (Wildman–Crippen MR) is 123 cm³/mol. The first-order chi connectivity index (χ1) is 14.1. The molecule has 0 saturated carbocycles. The summed E-state index contributed by atoms with van der Waals surface area (Å²) in [5, 5.41) is 9.11. The third-order valence-electron chi connectivity index (χ3n) is 5.18. The molecule has 0 unspecified atom stereocenters. The molecule has 0 atom stereocenters. The van der Waals surface area contributed by atoms with E-state index in [4.69, 9.17) is 9.84 Å². The van der Waals surface area contributed by atoms with Crippen molar-refractivity contribution in [2.24, 2.45) is 0 Å². The second-order valence-electron chi connectivity index (χ2n) is 8.97. The monoisotopic (exact) mass is 402 g/mol. The van der Waals surface area contributed by atoms with Crippen molar-refractivity contribution in [2.45, 2.75) is 52.9 Å². The number of aliphatic carboxylic acids is 1. The van der Waals surface area contributed by atoms with Gasteiger partial charge in [0.25, 0.3) is 0 Å². The van der Waals surface area contributed by atoms with Crippen LogP contribution in [0.15, 0.2) is 60.7 Å². The molecule has 0 heterocycles. The summed E-state index contributed by atoms with van der Waals surface area (Å²) in [6, 6.07) is 20.7. The molecular weight excluding hydrogens is 372 g/mol. The van der Waals surface area contributed by atoms with Gasteiger partial charge in [0.05, 0.1) is 0 Å². The maximum absolute atomic E-state index is 11.1. The van der Waals surface area contributed by atoms with Crippen LogP contribution in [0.1, 0.15) is 49.4 Å². The van der Waals surface area contributed by atoms with Crippen LogP contribution in [0.3, 0.4) is 0 Å². The normalized spacial score (nSPS) is 11.4. The van der Waals surface area contributed by atoms with Crippen molar-refractivity contribution in [3.63, 3.8) is 0 Å². The first-order valence-corrected chi connectivity index (χ1v) is 10.3. The van der Waals surface area contributed by atoms with E-state index in [1.165, 1.54) is 5.56 Å². The van der Waals surface area contributed by atoms with Crippen LogP contribution in [0.2, 0.25) is 0 Å². The number of aryl methyl sites for hydroxylation is 3. The second kappa shape index (κ2) is 8.74. The fourth-order valence-electron chi connectivity index (χ4n) is 3.56. The van der Waals surface area contributed by atoms with Gasteiger partial charge in [-0.05, 0) is 77.3 Å². The lowest BCUT2D eigenvalue weighted by atomic mass is 9.86. The molecule has 0 aliphatic heterocycles. The second-order valence-corrected chi connectivity index (χ2v) is 8.97.